The predicted molar refractivity (Wildman–Crippen MR) is 93.7 cm³/mol. The Hall–Kier alpha value is 0.0238. The van der Waals surface area contributed by atoms with Crippen LogP contribution in [0.5, 0.6) is 0 Å². The molecular weight excluding hydrogens is 296 g/mol. The van der Waals surface area contributed by atoms with Crippen LogP contribution in [0.15, 0.2) is 0 Å². The van der Waals surface area contributed by atoms with Crippen LogP contribution in [0.1, 0.15) is 40.5 Å². The van der Waals surface area contributed by atoms with Gasteiger partial charge in [0, 0.05) is 12.8 Å². The number of hydrogen-bond donors (Lipinski definition) is 0. The summed E-state index contributed by atoms with van der Waals surface area (Å²) in [5, 5.41) is 0.153. The third kappa shape index (κ3) is 5.30. The summed E-state index contributed by atoms with van der Waals surface area (Å²) >= 11 is 0. The Labute approximate surface area is 133 Å². The predicted octanol–water partition coefficient (Wildman–Crippen LogP) is 4.60. The van der Waals surface area contributed by atoms with Gasteiger partial charge in [-0.3, -0.25) is 4.79 Å². The first-order valence-electron chi connectivity index (χ1n) is 8.10. The number of rotatable bonds is 4. The highest BCUT2D eigenvalue weighted by molar-refractivity contribution is 6.74. The highest BCUT2D eigenvalue weighted by Crippen LogP contribution is 2.40. The lowest BCUT2D eigenvalue weighted by atomic mass is 9.85. The van der Waals surface area contributed by atoms with Crippen molar-refractivity contribution in [1.29, 1.82) is 0 Å². The minimum atomic E-state index is -1.89. The molecule has 1 aliphatic rings. The number of hydrogen-bond acceptors (Lipinski definition) is 3. The Bertz CT molecular complexity index is 380. The van der Waals surface area contributed by atoms with E-state index in [-0.39, 0.29) is 23.2 Å². The second-order valence-corrected chi connectivity index (χ2v) is 18.3. The van der Waals surface area contributed by atoms with E-state index in [9.17, 15) is 4.79 Å². The Morgan fingerprint density at radius 1 is 1.00 bits per heavy atom. The van der Waals surface area contributed by atoms with E-state index in [2.05, 4.69) is 60.4 Å². The van der Waals surface area contributed by atoms with Crippen molar-refractivity contribution < 1.29 is 13.6 Å². The second kappa shape index (κ2) is 6.26. The van der Waals surface area contributed by atoms with Crippen molar-refractivity contribution in [2.75, 3.05) is 0 Å². The molecule has 1 rings (SSSR count). The van der Waals surface area contributed by atoms with E-state index in [0.717, 1.165) is 0 Å². The number of carbonyl (C=O) groups is 1. The van der Waals surface area contributed by atoms with Crippen molar-refractivity contribution in [2.45, 2.75) is 90.5 Å². The summed E-state index contributed by atoms with van der Waals surface area (Å²) < 4.78 is 13.0. The van der Waals surface area contributed by atoms with E-state index < -0.39 is 16.6 Å². The smallest absolute Gasteiger partial charge is 0.192 e. The molecule has 0 bridgehead atoms. The quantitative estimate of drug-likeness (QED) is 0.707. The fourth-order valence-electron chi connectivity index (χ4n) is 2.53. The third-order valence-electron chi connectivity index (χ3n) is 4.65. The van der Waals surface area contributed by atoms with Crippen LogP contribution in [0.3, 0.4) is 0 Å². The molecule has 21 heavy (non-hydrogen) atoms. The number of ketones is 1. The van der Waals surface area contributed by atoms with Gasteiger partial charge in [-0.1, -0.05) is 27.7 Å². The van der Waals surface area contributed by atoms with Gasteiger partial charge in [0.2, 0.25) is 0 Å². The summed E-state index contributed by atoms with van der Waals surface area (Å²) in [6, 6.07) is 0. The summed E-state index contributed by atoms with van der Waals surface area (Å²) in [6.07, 6.45) is 1.16. The summed E-state index contributed by atoms with van der Waals surface area (Å²) in [4.78, 5) is 12.0. The van der Waals surface area contributed by atoms with Crippen molar-refractivity contribution in [1.82, 2.24) is 0 Å². The van der Waals surface area contributed by atoms with Crippen LogP contribution in [0.25, 0.3) is 0 Å². The molecule has 0 aromatic carbocycles. The highest BCUT2D eigenvalue weighted by atomic mass is 28.4. The normalized spacial score (nSPS) is 28.8. The third-order valence-corrected chi connectivity index (χ3v) is 10.1. The Balaban J connectivity index is 2.95. The lowest BCUT2D eigenvalue weighted by molar-refractivity contribution is -0.129. The molecule has 0 saturated heterocycles. The van der Waals surface area contributed by atoms with Crippen LogP contribution in [0.2, 0.25) is 37.8 Å². The molecule has 0 radical (unpaired) electrons. The van der Waals surface area contributed by atoms with Crippen LogP contribution in [0.4, 0.5) is 0 Å². The molecule has 3 atom stereocenters. The maximum atomic E-state index is 12.0. The second-order valence-electron chi connectivity index (χ2n) is 9.04. The van der Waals surface area contributed by atoms with Gasteiger partial charge in [-0.2, -0.15) is 0 Å². The minimum absolute atomic E-state index is 0.0612. The maximum absolute atomic E-state index is 12.0. The van der Waals surface area contributed by atoms with Gasteiger partial charge < -0.3 is 8.85 Å². The van der Waals surface area contributed by atoms with Crippen molar-refractivity contribution >= 4 is 22.4 Å². The number of carbonyl (C=O) groups excluding carboxylic acids is 1. The minimum Gasteiger partial charge on any atom is -0.412 e. The van der Waals surface area contributed by atoms with Crippen molar-refractivity contribution in [3.8, 4) is 0 Å². The van der Waals surface area contributed by atoms with E-state index in [4.69, 9.17) is 8.85 Å². The highest BCUT2D eigenvalue weighted by Gasteiger charge is 2.45. The number of Topliss-reactive ketones (excluding diaryl/α,β-unsaturated/α-hetero) is 1. The van der Waals surface area contributed by atoms with Crippen molar-refractivity contribution in [3.05, 3.63) is 0 Å². The van der Waals surface area contributed by atoms with Gasteiger partial charge >= 0.3 is 0 Å². The molecule has 0 aliphatic heterocycles. The average molecular weight is 331 g/mol. The maximum Gasteiger partial charge on any atom is 0.192 e. The first-order valence-corrected chi connectivity index (χ1v) is 14.4. The lowest BCUT2D eigenvalue weighted by Gasteiger charge is -2.45. The largest absolute Gasteiger partial charge is 0.412 e. The van der Waals surface area contributed by atoms with Crippen LogP contribution < -0.4 is 0 Å². The van der Waals surface area contributed by atoms with E-state index >= 15 is 0 Å². The molecule has 124 valence electrons. The zero-order chi connectivity index (χ0) is 16.6. The Morgan fingerprint density at radius 2 is 1.52 bits per heavy atom. The molecule has 0 aromatic rings. The van der Waals surface area contributed by atoms with Gasteiger partial charge in [0.25, 0.3) is 0 Å². The molecule has 0 heterocycles. The molecule has 0 spiro atoms. The molecule has 1 unspecified atom stereocenters. The van der Waals surface area contributed by atoms with Crippen molar-refractivity contribution in [2.24, 2.45) is 5.92 Å². The van der Waals surface area contributed by atoms with Gasteiger partial charge in [0.05, 0.1) is 12.2 Å². The van der Waals surface area contributed by atoms with Gasteiger partial charge in [-0.25, -0.2) is 0 Å². The van der Waals surface area contributed by atoms with E-state index in [1.165, 1.54) is 0 Å². The van der Waals surface area contributed by atoms with E-state index in [1.54, 1.807) is 0 Å². The van der Waals surface area contributed by atoms with Gasteiger partial charge in [0.1, 0.15) is 5.78 Å². The fraction of sp³-hybridized carbons (Fsp3) is 0.938. The van der Waals surface area contributed by atoms with Crippen LogP contribution >= 0.6 is 0 Å². The molecule has 1 aliphatic carbocycles. The first kappa shape index (κ1) is 19.1. The average Bonchev–Trinajstić information content (AvgIpc) is 2.19. The molecule has 0 N–H and O–H groups in total. The van der Waals surface area contributed by atoms with Crippen LogP contribution in [0, 0.1) is 5.92 Å². The summed E-state index contributed by atoms with van der Waals surface area (Å²) in [7, 11) is -3.53. The molecule has 3 nitrogen and oxygen atoms in total. The molecular formula is C16H34O3Si2. The lowest BCUT2D eigenvalue weighted by Crippen LogP contribution is -2.54. The Kier molecular flexibility index (Phi) is 5.69. The zero-order valence-corrected chi connectivity index (χ0v) is 17.4. The van der Waals surface area contributed by atoms with Gasteiger partial charge in [-0.05, 0) is 43.7 Å². The topological polar surface area (TPSA) is 35.5 Å². The van der Waals surface area contributed by atoms with Crippen LogP contribution in [-0.2, 0) is 13.6 Å². The standard InChI is InChI=1S/C16H34O3Si2/c1-12-10-13(17)11-14(15(12)19-20(5,6)7)18-21(8,9)16(2,3)4/h12,14-15H,10-11H2,1-9H3/t12-,14-,15?/m1/s1. The Morgan fingerprint density at radius 3 is 1.95 bits per heavy atom. The van der Waals surface area contributed by atoms with Gasteiger partial charge in [-0.15, -0.1) is 0 Å². The van der Waals surface area contributed by atoms with Crippen molar-refractivity contribution in [3.63, 3.8) is 0 Å². The molecule has 5 heteroatoms. The first-order chi connectivity index (χ1) is 9.23. The molecule has 0 aromatic heterocycles. The zero-order valence-electron chi connectivity index (χ0n) is 15.4. The summed E-state index contributed by atoms with van der Waals surface area (Å²) in [5.41, 5.74) is 0. The SMILES string of the molecule is C[C@@H]1CC(=O)C[C@@H](O[Si](C)(C)C(C)(C)C)C1O[Si](C)(C)C. The molecule has 1 fully saturated rings. The van der Waals surface area contributed by atoms with Gasteiger partial charge in [0.15, 0.2) is 16.6 Å². The monoisotopic (exact) mass is 330 g/mol. The molecule has 1 saturated carbocycles. The fourth-order valence-corrected chi connectivity index (χ4v) is 5.06. The van der Waals surface area contributed by atoms with E-state index in [1.807, 2.05) is 0 Å². The summed E-state index contributed by atoms with van der Waals surface area (Å²) in [5.74, 6) is 0.578. The summed E-state index contributed by atoms with van der Waals surface area (Å²) in [6.45, 7) is 20.0. The molecule has 0 amide bonds. The van der Waals surface area contributed by atoms with Crippen LogP contribution in [-0.4, -0.2) is 34.6 Å². The van der Waals surface area contributed by atoms with E-state index in [0.29, 0.717) is 18.6 Å².